The summed E-state index contributed by atoms with van der Waals surface area (Å²) in [6, 6.07) is 9.45. The molecular formula is C21H25N3O2. The highest BCUT2D eigenvalue weighted by Gasteiger charge is 2.24. The molecular weight excluding hydrogens is 326 g/mol. The smallest absolute Gasteiger partial charge is 0.255 e. The van der Waals surface area contributed by atoms with Crippen molar-refractivity contribution in [3.05, 3.63) is 65.0 Å². The van der Waals surface area contributed by atoms with E-state index < -0.39 is 0 Å². The number of carbonyl (C=O) groups is 2. The molecule has 0 bridgehead atoms. The second-order valence-electron chi connectivity index (χ2n) is 7.01. The molecule has 0 aliphatic carbocycles. The summed E-state index contributed by atoms with van der Waals surface area (Å²) in [6.45, 7) is 6.08. The Hall–Kier alpha value is -2.69. The number of nitrogens with one attached hydrogen (secondary N) is 1. The van der Waals surface area contributed by atoms with Gasteiger partial charge in [0.2, 0.25) is 0 Å². The summed E-state index contributed by atoms with van der Waals surface area (Å²) >= 11 is 0. The summed E-state index contributed by atoms with van der Waals surface area (Å²) in [7, 11) is 0. The van der Waals surface area contributed by atoms with Crippen LogP contribution >= 0.6 is 0 Å². The summed E-state index contributed by atoms with van der Waals surface area (Å²) in [4.78, 5) is 30.7. The number of hydrogen-bond donors (Lipinski definition) is 1. The second-order valence-corrected chi connectivity index (χ2v) is 7.01. The minimum atomic E-state index is -0.0173. The zero-order chi connectivity index (χ0) is 18.5. The van der Waals surface area contributed by atoms with Gasteiger partial charge in [-0.1, -0.05) is 17.7 Å². The Labute approximate surface area is 154 Å². The second kappa shape index (κ2) is 8.13. The quantitative estimate of drug-likeness (QED) is 0.921. The molecule has 1 aliphatic heterocycles. The van der Waals surface area contributed by atoms with Gasteiger partial charge in [0, 0.05) is 37.6 Å². The Morgan fingerprint density at radius 3 is 2.62 bits per heavy atom. The van der Waals surface area contributed by atoms with Gasteiger partial charge in [0.05, 0.1) is 5.56 Å². The topological polar surface area (TPSA) is 62.3 Å². The molecule has 1 fully saturated rings. The zero-order valence-corrected chi connectivity index (χ0v) is 15.4. The summed E-state index contributed by atoms with van der Waals surface area (Å²) in [5, 5.41) is 3.05. The number of aromatic nitrogens is 1. The number of pyridine rings is 1. The largest absolute Gasteiger partial charge is 0.352 e. The molecule has 1 N–H and O–H groups in total. The maximum atomic E-state index is 12.4. The van der Waals surface area contributed by atoms with E-state index in [1.54, 1.807) is 24.5 Å². The fourth-order valence-electron chi connectivity index (χ4n) is 3.41. The van der Waals surface area contributed by atoms with Crippen molar-refractivity contribution in [2.24, 2.45) is 5.92 Å². The summed E-state index contributed by atoms with van der Waals surface area (Å²) in [5.74, 6) is 0.426. The molecule has 0 unspecified atom stereocenters. The summed E-state index contributed by atoms with van der Waals surface area (Å²) in [6.07, 6.45) is 5.08. The van der Waals surface area contributed by atoms with Crippen LogP contribution in [0.4, 0.5) is 0 Å². The van der Waals surface area contributed by atoms with Crippen LogP contribution in [0, 0.1) is 19.8 Å². The molecule has 1 aromatic heterocycles. The van der Waals surface area contributed by atoms with Crippen molar-refractivity contribution in [1.82, 2.24) is 15.2 Å². The predicted molar refractivity (Wildman–Crippen MR) is 101 cm³/mol. The molecule has 5 heteroatoms. The van der Waals surface area contributed by atoms with Crippen molar-refractivity contribution in [1.29, 1.82) is 0 Å². The maximum Gasteiger partial charge on any atom is 0.255 e. The van der Waals surface area contributed by atoms with Crippen molar-refractivity contribution < 1.29 is 9.59 Å². The number of rotatable bonds is 4. The Morgan fingerprint density at radius 1 is 1.19 bits per heavy atom. The van der Waals surface area contributed by atoms with Crippen LogP contribution in [0.5, 0.6) is 0 Å². The third-order valence-corrected chi connectivity index (χ3v) is 4.99. The highest BCUT2D eigenvalue weighted by Crippen LogP contribution is 2.19. The van der Waals surface area contributed by atoms with E-state index >= 15 is 0 Å². The van der Waals surface area contributed by atoms with Crippen LogP contribution in [0.15, 0.2) is 42.7 Å². The maximum absolute atomic E-state index is 12.4. The Kier molecular flexibility index (Phi) is 5.66. The van der Waals surface area contributed by atoms with Gasteiger partial charge >= 0.3 is 0 Å². The van der Waals surface area contributed by atoms with Crippen molar-refractivity contribution in [3.63, 3.8) is 0 Å². The SMILES string of the molecule is Cc1ccc(C(=O)NCC2CCN(C(=O)c3cccnc3)CC2)c(C)c1. The van der Waals surface area contributed by atoms with Crippen LogP contribution in [0.2, 0.25) is 0 Å². The summed E-state index contributed by atoms with van der Waals surface area (Å²) in [5.41, 5.74) is 3.53. The van der Waals surface area contributed by atoms with Gasteiger partial charge in [0.15, 0.2) is 0 Å². The van der Waals surface area contributed by atoms with Crippen LogP contribution in [0.1, 0.15) is 44.7 Å². The molecule has 1 aromatic carbocycles. The standard InChI is InChI=1S/C21H25N3O2/c1-15-5-6-19(16(2)12-15)20(25)23-13-17-7-10-24(11-8-17)21(26)18-4-3-9-22-14-18/h3-6,9,12,14,17H,7-8,10-11,13H2,1-2H3,(H,23,25). The Balaban J connectivity index is 1.48. The lowest BCUT2D eigenvalue weighted by atomic mass is 9.96. The number of aryl methyl sites for hydroxylation is 2. The third-order valence-electron chi connectivity index (χ3n) is 4.99. The number of nitrogens with zero attached hydrogens (tertiary/aromatic N) is 2. The lowest BCUT2D eigenvalue weighted by Gasteiger charge is -2.32. The van der Waals surface area contributed by atoms with E-state index in [9.17, 15) is 9.59 Å². The first kappa shape index (κ1) is 18.1. The molecule has 2 amide bonds. The van der Waals surface area contributed by atoms with E-state index in [4.69, 9.17) is 0 Å². The molecule has 0 spiro atoms. The molecule has 0 atom stereocenters. The van der Waals surface area contributed by atoms with E-state index in [0.29, 0.717) is 18.0 Å². The first-order chi connectivity index (χ1) is 12.5. The normalized spacial score (nSPS) is 14.9. The van der Waals surface area contributed by atoms with Crippen LogP contribution in [0.25, 0.3) is 0 Å². The number of hydrogen-bond acceptors (Lipinski definition) is 3. The van der Waals surface area contributed by atoms with Gasteiger partial charge in [-0.25, -0.2) is 0 Å². The Morgan fingerprint density at radius 2 is 1.96 bits per heavy atom. The lowest BCUT2D eigenvalue weighted by molar-refractivity contribution is 0.0684. The molecule has 2 aromatic rings. The first-order valence-corrected chi connectivity index (χ1v) is 9.09. The van der Waals surface area contributed by atoms with Crippen LogP contribution < -0.4 is 5.32 Å². The molecule has 1 aliphatic rings. The molecule has 1 saturated heterocycles. The van der Waals surface area contributed by atoms with E-state index in [2.05, 4.69) is 10.3 Å². The first-order valence-electron chi connectivity index (χ1n) is 9.09. The van der Waals surface area contributed by atoms with Crippen molar-refractivity contribution >= 4 is 11.8 Å². The predicted octanol–water partition coefficient (Wildman–Crippen LogP) is 2.98. The van der Waals surface area contributed by atoms with Gasteiger partial charge in [0.1, 0.15) is 0 Å². The van der Waals surface area contributed by atoms with E-state index in [1.165, 1.54) is 0 Å². The van der Waals surface area contributed by atoms with E-state index in [-0.39, 0.29) is 11.8 Å². The number of carbonyl (C=O) groups excluding carboxylic acids is 2. The lowest BCUT2D eigenvalue weighted by Crippen LogP contribution is -2.41. The molecule has 2 heterocycles. The molecule has 26 heavy (non-hydrogen) atoms. The van der Waals surface area contributed by atoms with Crippen LogP contribution in [-0.2, 0) is 0 Å². The van der Waals surface area contributed by atoms with E-state index in [0.717, 1.165) is 42.6 Å². The van der Waals surface area contributed by atoms with Crippen molar-refractivity contribution in [2.75, 3.05) is 19.6 Å². The molecule has 0 radical (unpaired) electrons. The van der Waals surface area contributed by atoms with Crippen molar-refractivity contribution in [3.8, 4) is 0 Å². The average molecular weight is 351 g/mol. The van der Waals surface area contributed by atoms with Crippen LogP contribution in [0.3, 0.4) is 0 Å². The van der Waals surface area contributed by atoms with Gasteiger partial charge in [-0.05, 0) is 56.4 Å². The number of piperidine rings is 1. The molecule has 136 valence electrons. The minimum Gasteiger partial charge on any atom is -0.352 e. The molecule has 3 rings (SSSR count). The fraction of sp³-hybridized carbons (Fsp3) is 0.381. The highest BCUT2D eigenvalue weighted by atomic mass is 16.2. The van der Waals surface area contributed by atoms with Gasteiger partial charge in [-0.15, -0.1) is 0 Å². The van der Waals surface area contributed by atoms with Gasteiger partial charge in [0.25, 0.3) is 11.8 Å². The Bertz CT molecular complexity index is 781. The van der Waals surface area contributed by atoms with Gasteiger partial charge < -0.3 is 10.2 Å². The van der Waals surface area contributed by atoms with Gasteiger partial charge in [-0.3, -0.25) is 14.6 Å². The molecule has 0 saturated carbocycles. The third kappa shape index (κ3) is 4.28. The molecule has 5 nitrogen and oxygen atoms in total. The minimum absolute atomic E-state index is 0.0173. The van der Waals surface area contributed by atoms with Gasteiger partial charge in [-0.2, -0.15) is 0 Å². The highest BCUT2D eigenvalue weighted by molar-refractivity contribution is 5.95. The van der Waals surface area contributed by atoms with Crippen LogP contribution in [-0.4, -0.2) is 41.3 Å². The number of benzene rings is 1. The fourth-order valence-corrected chi connectivity index (χ4v) is 3.41. The van der Waals surface area contributed by atoms with E-state index in [1.807, 2.05) is 36.9 Å². The average Bonchev–Trinajstić information content (AvgIpc) is 2.66. The number of likely N-dealkylation sites (tertiary alicyclic amines) is 1. The summed E-state index contributed by atoms with van der Waals surface area (Å²) < 4.78 is 0. The van der Waals surface area contributed by atoms with Crippen molar-refractivity contribution in [2.45, 2.75) is 26.7 Å². The zero-order valence-electron chi connectivity index (χ0n) is 15.4. The number of amides is 2. The monoisotopic (exact) mass is 351 g/mol.